The highest BCUT2D eigenvalue weighted by molar-refractivity contribution is 6.30. The van der Waals surface area contributed by atoms with Crippen molar-refractivity contribution in [2.45, 2.75) is 64.6 Å². The topological polar surface area (TPSA) is 67.8 Å². The van der Waals surface area contributed by atoms with E-state index in [0.717, 1.165) is 63.4 Å². The fourth-order valence-corrected chi connectivity index (χ4v) is 4.93. The molecule has 8 heteroatoms. The van der Waals surface area contributed by atoms with Crippen molar-refractivity contribution in [1.29, 1.82) is 0 Å². The van der Waals surface area contributed by atoms with E-state index in [1.165, 1.54) is 19.3 Å². The van der Waals surface area contributed by atoms with Crippen LogP contribution in [-0.4, -0.2) is 65.5 Å². The number of hydrogen-bond acceptors (Lipinski definition) is 6. The smallest absolute Gasteiger partial charge is 0.410 e. The second kappa shape index (κ2) is 9.49. The molecule has 3 aliphatic rings. The van der Waals surface area contributed by atoms with Crippen LogP contribution in [0.5, 0.6) is 0 Å². The Bertz CT molecular complexity index is 738. The van der Waals surface area contributed by atoms with Crippen molar-refractivity contribution in [2.75, 3.05) is 37.7 Å². The number of halogens is 1. The number of nitrogens with zero attached hydrogens (tertiary/aromatic N) is 4. The minimum atomic E-state index is -0.441. The number of ether oxygens (including phenoxy) is 2. The number of piperidine rings is 2. The van der Waals surface area contributed by atoms with E-state index in [0.29, 0.717) is 10.9 Å². The van der Waals surface area contributed by atoms with Gasteiger partial charge in [0.15, 0.2) is 0 Å². The van der Waals surface area contributed by atoms with Gasteiger partial charge in [0.25, 0.3) is 0 Å². The van der Waals surface area contributed by atoms with E-state index in [4.69, 9.17) is 21.1 Å². The van der Waals surface area contributed by atoms with Crippen molar-refractivity contribution >= 4 is 23.6 Å². The molecule has 2 saturated heterocycles. The molecule has 4 rings (SSSR count). The Morgan fingerprint density at radius 2 is 1.74 bits per heavy atom. The van der Waals surface area contributed by atoms with Crippen LogP contribution in [0, 0.1) is 17.8 Å². The van der Waals surface area contributed by atoms with E-state index in [1.807, 2.05) is 25.7 Å². The number of aromatic nitrogens is 2. The zero-order valence-corrected chi connectivity index (χ0v) is 19.7. The molecule has 0 unspecified atom stereocenters. The molecule has 0 aromatic carbocycles. The molecule has 1 amide bonds. The van der Waals surface area contributed by atoms with Gasteiger partial charge in [-0.15, -0.1) is 0 Å². The highest BCUT2D eigenvalue weighted by atomic mass is 35.5. The number of amides is 1. The molecule has 7 nitrogen and oxygen atoms in total. The SMILES string of the molecule is CC(C)(C)OC(=O)N1CCC(OC[C@@H]2C[C@@H]2C2CCN(c3ncc(Cl)cn3)CC2)CC1. The van der Waals surface area contributed by atoms with Gasteiger partial charge in [0.05, 0.1) is 30.1 Å². The van der Waals surface area contributed by atoms with Crippen LogP contribution in [0.4, 0.5) is 10.7 Å². The third-order valence-electron chi connectivity index (χ3n) is 6.65. The van der Waals surface area contributed by atoms with E-state index in [9.17, 15) is 4.79 Å². The molecule has 0 N–H and O–H groups in total. The number of hydrogen-bond donors (Lipinski definition) is 0. The second-order valence-corrected chi connectivity index (χ2v) is 10.6. The van der Waals surface area contributed by atoms with E-state index in [2.05, 4.69) is 14.9 Å². The Balaban J connectivity index is 1.12. The molecule has 2 atom stereocenters. The van der Waals surface area contributed by atoms with E-state index in [1.54, 1.807) is 12.4 Å². The molecular weight excluding hydrogens is 416 g/mol. The minimum Gasteiger partial charge on any atom is -0.444 e. The van der Waals surface area contributed by atoms with Crippen molar-refractivity contribution in [1.82, 2.24) is 14.9 Å². The van der Waals surface area contributed by atoms with Gasteiger partial charge < -0.3 is 19.3 Å². The van der Waals surface area contributed by atoms with Crippen LogP contribution in [0.3, 0.4) is 0 Å². The molecule has 1 aliphatic carbocycles. The van der Waals surface area contributed by atoms with Gasteiger partial charge in [0, 0.05) is 26.2 Å². The molecule has 3 fully saturated rings. The monoisotopic (exact) mass is 450 g/mol. The van der Waals surface area contributed by atoms with E-state index >= 15 is 0 Å². The second-order valence-electron chi connectivity index (χ2n) is 10.2. The molecule has 0 spiro atoms. The van der Waals surface area contributed by atoms with Gasteiger partial charge in [-0.05, 0) is 70.6 Å². The normalized spacial score (nSPS) is 25.5. The van der Waals surface area contributed by atoms with Gasteiger partial charge in [0.2, 0.25) is 5.95 Å². The summed E-state index contributed by atoms with van der Waals surface area (Å²) in [4.78, 5) is 25.0. The lowest BCUT2D eigenvalue weighted by Gasteiger charge is -2.33. The standard InChI is InChI=1S/C23H35ClN4O3/c1-23(2,3)31-22(29)28-10-6-19(7-11-28)30-15-17-12-20(17)16-4-8-27(9-5-16)21-25-13-18(24)14-26-21/h13-14,16-17,19-20H,4-12,15H2,1-3H3/t17-,20+/m0/s1. The first-order chi connectivity index (χ1) is 14.8. The molecule has 1 aromatic rings. The average molecular weight is 451 g/mol. The first-order valence-corrected chi connectivity index (χ1v) is 12.0. The molecule has 0 bridgehead atoms. The number of carbonyl (C=O) groups is 1. The van der Waals surface area contributed by atoms with Crippen LogP contribution < -0.4 is 4.90 Å². The summed E-state index contributed by atoms with van der Waals surface area (Å²) in [5.41, 5.74) is -0.441. The van der Waals surface area contributed by atoms with Gasteiger partial charge in [-0.2, -0.15) is 0 Å². The predicted octanol–water partition coefficient (Wildman–Crippen LogP) is 4.40. The molecule has 172 valence electrons. The van der Waals surface area contributed by atoms with Crippen molar-refractivity contribution in [3.63, 3.8) is 0 Å². The third kappa shape index (κ3) is 6.22. The highest BCUT2D eigenvalue weighted by Crippen LogP contribution is 2.48. The number of carbonyl (C=O) groups excluding carboxylic acids is 1. The predicted molar refractivity (Wildman–Crippen MR) is 120 cm³/mol. The van der Waals surface area contributed by atoms with Crippen LogP contribution in [0.1, 0.15) is 52.9 Å². The fourth-order valence-electron chi connectivity index (χ4n) is 4.83. The number of rotatable bonds is 5. The maximum atomic E-state index is 12.2. The Kier molecular flexibility index (Phi) is 6.92. The number of anilines is 1. The molecule has 1 saturated carbocycles. The lowest BCUT2D eigenvalue weighted by Crippen LogP contribution is -2.43. The fraction of sp³-hybridized carbons (Fsp3) is 0.783. The maximum absolute atomic E-state index is 12.2. The summed E-state index contributed by atoms with van der Waals surface area (Å²) < 4.78 is 11.7. The first kappa shape index (κ1) is 22.6. The zero-order valence-electron chi connectivity index (χ0n) is 18.9. The third-order valence-corrected chi connectivity index (χ3v) is 6.85. The van der Waals surface area contributed by atoms with Crippen LogP contribution in [0.15, 0.2) is 12.4 Å². The minimum absolute atomic E-state index is 0.205. The van der Waals surface area contributed by atoms with Crippen molar-refractivity contribution in [3.8, 4) is 0 Å². The Labute approximate surface area is 190 Å². The molecular formula is C23H35ClN4O3. The molecule has 31 heavy (non-hydrogen) atoms. The van der Waals surface area contributed by atoms with Gasteiger partial charge >= 0.3 is 6.09 Å². The first-order valence-electron chi connectivity index (χ1n) is 11.6. The van der Waals surface area contributed by atoms with Crippen LogP contribution in [0.25, 0.3) is 0 Å². The molecule has 2 aliphatic heterocycles. The Morgan fingerprint density at radius 3 is 2.35 bits per heavy atom. The number of likely N-dealkylation sites (tertiary alicyclic amines) is 1. The van der Waals surface area contributed by atoms with Crippen molar-refractivity contribution < 1.29 is 14.3 Å². The van der Waals surface area contributed by atoms with Crippen molar-refractivity contribution in [3.05, 3.63) is 17.4 Å². The molecule has 1 aromatic heterocycles. The van der Waals surface area contributed by atoms with Crippen LogP contribution in [0.2, 0.25) is 5.02 Å². The summed E-state index contributed by atoms with van der Waals surface area (Å²) in [6.45, 7) is 10.0. The van der Waals surface area contributed by atoms with Crippen LogP contribution >= 0.6 is 11.6 Å². The quantitative estimate of drug-likeness (QED) is 0.662. The summed E-state index contributed by atoms with van der Waals surface area (Å²) in [5, 5.41) is 0.579. The highest BCUT2D eigenvalue weighted by Gasteiger charge is 2.44. The lowest BCUT2D eigenvalue weighted by atomic mass is 9.91. The molecule has 3 heterocycles. The van der Waals surface area contributed by atoms with Gasteiger partial charge in [-0.1, -0.05) is 11.6 Å². The van der Waals surface area contributed by atoms with E-state index < -0.39 is 5.60 Å². The van der Waals surface area contributed by atoms with Crippen LogP contribution in [-0.2, 0) is 9.47 Å². The van der Waals surface area contributed by atoms with E-state index in [-0.39, 0.29) is 12.2 Å². The zero-order chi connectivity index (χ0) is 22.0. The summed E-state index contributed by atoms with van der Waals surface area (Å²) in [6.07, 6.45) is 8.88. The Morgan fingerprint density at radius 1 is 1.10 bits per heavy atom. The largest absolute Gasteiger partial charge is 0.444 e. The van der Waals surface area contributed by atoms with Crippen molar-refractivity contribution in [2.24, 2.45) is 17.8 Å². The van der Waals surface area contributed by atoms with Gasteiger partial charge in [-0.3, -0.25) is 0 Å². The Hall–Kier alpha value is -1.60. The molecule has 0 radical (unpaired) electrons. The maximum Gasteiger partial charge on any atom is 0.410 e. The summed E-state index contributed by atoms with van der Waals surface area (Å²) in [6, 6.07) is 0. The van der Waals surface area contributed by atoms with Gasteiger partial charge in [-0.25, -0.2) is 14.8 Å². The summed E-state index contributed by atoms with van der Waals surface area (Å²) in [7, 11) is 0. The average Bonchev–Trinajstić information content (AvgIpc) is 3.52. The van der Waals surface area contributed by atoms with Gasteiger partial charge in [0.1, 0.15) is 5.60 Å². The lowest BCUT2D eigenvalue weighted by molar-refractivity contribution is -0.0154. The summed E-state index contributed by atoms with van der Waals surface area (Å²) in [5.74, 6) is 3.07. The summed E-state index contributed by atoms with van der Waals surface area (Å²) >= 11 is 5.89.